The number of carbonyl (C=O) groups is 1. The van der Waals surface area contributed by atoms with Gasteiger partial charge in [0.2, 0.25) is 6.29 Å². The van der Waals surface area contributed by atoms with E-state index >= 15 is 4.79 Å². The maximum absolute atomic E-state index is 16.2. The normalized spacial score (nSPS) is 55.1. The van der Waals surface area contributed by atoms with Gasteiger partial charge in [0.1, 0.15) is 146 Å². The molecule has 13 rings (SSSR count). The van der Waals surface area contributed by atoms with Crippen LogP contribution in [-0.2, 0) is 80.6 Å². The first-order valence-electron chi connectivity index (χ1n) is 39.4. The number of carbonyl (C=O) groups excluding carboxylic acids is 1. The lowest BCUT2D eigenvalue weighted by atomic mass is 9.33. The minimum atomic E-state index is -2.26. The first-order valence-corrected chi connectivity index (χ1v) is 39.4. The van der Waals surface area contributed by atoms with Crippen molar-refractivity contribution in [2.24, 2.45) is 50.2 Å². The molecule has 45 atom stereocenters. The van der Waals surface area contributed by atoms with Crippen LogP contribution >= 0.6 is 0 Å². The topological polar surface area (TPSA) is 610 Å². The molecule has 39 heteroatoms. The number of fused-ring (bicyclic) bond motifs is 7. The molecule has 45 unspecified atom stereocenters. The molecule has 0 amide bonds. The number of aliphatic hydroxyl groups excluding tert-OH is 21. The van der Waals surface area contributed by atoms with E-state index in [1.165, 1.54) is 13.8 Å². The summed E-state index contributed by atoms with van der Waals surface area (Å²) in [5.41, 5.74) is -6.12. The average Bonchev–Trinajstić information content (AvgIpc) is 0.752. The number of esters is 1. The standard InChI is InChI=1S/C74H120O39/c1-27-39(83)43(87)46(90)59(99-27)107-52-35(22-78)104-63(48(52)92)106-51-28(2)100-62(50(94)55(51)110-60-45(89)41(85)33(20-76)102-60)111-56-53(108-66-57(95)74(97,25-81)26-98-66)36(23-79)105-65(56)113-67(96)73-15-13-68(3,4)17-30(73)29-9-10-38-69(5)18-31(82)58(70(6,24-80)37(69)11-12-72(38,8)71(29,7)14-16-73)112-64-49(93)54(42(86)34(21-77)103-64)109-61-47(91)44(88)40(84)32(19-75)101-61/h9,27-28,30-66,75-95,97H,10-26H2,1-8H3. The van der Waals surface area contributed by atoms with Crippen molar-refractivity contribution in [1.29, 1.82) is 0 Å². The van der Waals surface area contributed by atoms with Crippen molar-refractivity contribution < 1.29 is 193 Å². The molecule has 0 spiro atoms. The minimum absolute atomic E-state index is 0.117. The summed E-state index contributed by atoms with van der Waals surface area (Å²) in [5, 5.41) is 243. The van der Waals surface area contributed by atoms with Gasteiger partial charge in [-0.1, -0.05) is 53.2 Å². The predicted octanol–water partition coefficient (Wildman–Crippen LogP) is -8.18. The predicted molar refractivity (Wildman–Crippen MR) is 369 cm³/mol. The summed E-state index contributed by atoms with van der Waals surface area (Å²) >= 11 is 0. The second-order valence-electron chi connectivity index (χ2n) is 35.7. The fraction of sp³-hybridized carbons (Fsp3) is 0.959. The van der Waals surface area contributed by atoms with E-state index in [0.29, 0.717) is 44.9 Å². The molecule has 39 nitrogen and oxygen atoms in total. The summed E-state index contributed by atoms with van der Waals surface area (Å²) in [4.78, 5) is 16.2. The van der Waals surface area contributed by atoms with Crippen molar-refractivity contribution in [3.63, 3.8) is 0 Å². The molecule has 22 N–H and O–H groups in total. The van der Waals surface area contributed by atoms with E-state index in [1.807, 2.05) is 0 Å². The Balaban J connectivity index is 0.772. The van der Waals surface area contributed by atoms with Gasteiger partial charge in [0.15, 0.2) is 50.1 Å². The smallest absolute Gasteiger partial charge is 0.315 e. The fourth-order valence-electron chi connectivity index (χ4n) is 21.6. The van der Waals surface area contributed by atoms with Crippen LogP contribution < -0.4 is 0 Å². The summed E-state index contributed by atoms with van der Waals surface area (Å²) in [6.45, 7) is 9.01. The van der Waals surface area contributed by atoms with Crippen LogP contribution in [0.15, 0.2) is 11.6 Å². The number of rotatable bonds is 23. The van der Waals surface area contributed by atoms with Gasteiger partial charge in [0, 0.05) is 5.41 Å². The third-order valence-electron chi connectivity index (χ3n) is 28.6. The Hall–Kier alpha value is -2.27. The van der Waals surface area contributed by atoms with E-state index in [2.05, 4.69) is 40.7 Å². The van der Waals surface area contributed by atoms with Crippen LogP contribution in [0, 0.1) is 50.2 Å². The average molecular weight is 1630 g/mol. The van der Waals surface area contributed by atoms with Gasteiger partial charge in [-0.25, -0.2) is 0 Å². The Labute approximate surface area is 651 Å². The Morgan fingerprint density at radius 2 is 0.903 bits per heavy atom. The second-order valence-corrected chi connectivity index (χ2v) is 35.7. The quantitative estimate of drug-likeness (QED) is 0.0257. The summed E-state index contributed by atoms with van der Waals surface area (Å²) in [5.74, 6) is -1.81. The van der Waals surface area contributed by atoms with Gasteiger partial charge in [-0.05, 0) is 111 Å². The molecule has 12 fully saturated rings. The molecule has 0 radical (unpaired) electrons. The largest absolute Gasteiger partial charge is 0.432 e. The lowest BCUT2D eigenvalue weighted by Crippen LogP contribution is -2.70. The molecular weight excluding hydrogens is 1510 g/mol. The van der Waals surface area contributed by atoms with Gasteiger partial charge in [0.25, 0.3) is 0 Å². The number of aliphatic hydroxyl groups is 22. The van der Waals surface area contributed by atoms with Crippen molar-refractivity contribution in [3.05, 3.63) is 11.6 Å². The molecule has 650 valence electrons. The van der Waals surface area contributed by atoms with Crippen LogP contribution in [0.25, 0.3) is 0 Å². The highest BCUT2D eigenvalue weighted by Crippen LogP contribution is 2.76. The highest BCUT2D eigenvalue weighted by molar-refractivity contribution is 5.79. The van der Waals surface area contributed by atoms with E-state index in [0.717, 1.165) is 5.57 Å². The number of allylic oxidation sites excluding steroid dienone is 2. The molecule has 0 aromatic rings. The Bertz CT molecular complexity index is 3260. The first kappa shape index (κ1) is 88.5. The molecule has 8 heterocycles. The molecule has 0 aromatic carbocycles. The maximum Gasteiger partial charge on any atom is 0.315 e. The Morgan fingerprint density at radius 3 is 1.51 bits per heavy atom. The first-order chi connectivity index (χ1) is 53.2. The minimum Gasteiger partial charge on any atom is -0.432 e. The summed E-state index contributed by atoms with van der Waals surface area (Å²) in [6.07, 6.45) is -55.5. The molecule has 8 saturated heterocycles. The van der Waals surface area contributed by atoms with E-state index in [9.17, 15) is 112 Å². The monoisotopic (exact) mass is 1630 g/mol. The Morgan fingerprint density at radius 1 is 0.434 bits per heavy atom. The lowest BCUT2D eigenvalue weighted by molar-refractivity contribution is -0.375. The molecule has 13 aliphatic rings. The van der Waals surface area contributed by atoms with Crippen LogP contribution in [0.1, 0.15) is 113 Å². The lowest BCUT2D eigenvalue weighted by Gasteiger charge is -2.71. The molecular formula is C74H120O39. The third kappa shape index (κ3) is 15.2. The van der Waals surface area contributed by atoms with Gasteiger partial charge in [0.05, 0.1) is 82.7 Å². The second kappa shape index (κ2) is 33.5. The van der Waals surface area contributed by atoms with Crippen LogP contribution in [0.2, 0.25) is 0 Å². The number of hydrogen-bond donors (Lipinski definition) is 22. The van der Waals surface area contributed by atoms with Crippen molar-refractivity contribution in [1.82, 2.24) is 0 Å². The molecule has 0 aromatic heterocycles. The van der Waals surface area contributed by atoms with E-state index in [-0.39, 0.29) is 30.1 Å². The maximum atomic E-state index is 16.2. The van der Waals surface area contributed by atoms with Crippen LogP contribution in [-0.4, -0.2) is 398 Å². The van der Waals surface area contributed by atoms with E-state index in [1.54, 1.807) is 6.92 Å². The molecule has 113 heavy (non-hydrogen) atoms. The zero-order valence-electron chi connectivity index (χ0n) is 64.4. The van der Waals surface area contributed by atoms with E-state index in [4.69, 9.17) is 75.8 Å². The van der Waals surface area contributed by atoms with Crippen LogP contribution in [0.3, 0.4) is 0 Å². The van der Waals surface area contributed by atoms with Crippen LogP contribution in [0.4, 0.5) is 0 Å². The molecule has 4 saturated carbocycles. The molecule has 8 aliphatic heterocycles. The fourth-order valence-corrected chi connectivity index (χ4v) is 21.6. The van der Waals surface area contributed by atoms with Crippen molar-refractivity contribution in [2.75, 3.05) is 52.9 Å². The van der Waals surface area contributed by atoms with Gasteiger partial charge in [-0.15, -0.1) is 0 Å². The van der Waals surface area contributed by atoms with Crippen molar-refractivity contribution >= 4 is 5.97 Å². The van der Waals surface area contributed by atoms with Gasteiger partial charge >= 0.3 is 5.97 Å². The molecule has 0 bridgehead atoms. The van der Waals surface area contributed by atoms with E-state index < -0.39 is 319 Å². The van der Waals surface area contributed by atoms with Crippen molar-refractivity contribution in [3.8, 4) is 0 Å². The zero-order chi connectivity index (χ0) is 82.2. The summed E-state index contributed by atoms with van der Waals surface area (Å²) in [7, 11) is 0. The number of hydrogen-bond acceptors (Lipinski definition) is 39. The van der Waals surface area contributed by atoms with Crippen molar-refractivity contribution in [2.45, 2.75) is 340 Å². The van der Waals surface area contributed by atoms with Crippen LogP contribution in [0.5, 0.6) is 0 Å². The third-order valence-corrected chi connectivity index (χ3v) is 28.6. The summed E-state index contributed by atoms with van der Waals surface area (Å²) < 4.78 is 97.9. The van der Waals surface area contributed by atoms with Gasteiger partial charge in [-0.2, -0.15) is 0 Å². The SMILES string of the molecule is CC1OC(OC2C(CO)OC(OC3C(C)OC(OC4C(OC(=O)C56CCC(C)(C)CC5C5=CCC7C8(C)CC(O)C(OC9OC(CO)C(O)C(OC%10OC(CO)C(O)C(O)C%10O)C9O)C(C)(CO)C8CCC7(C)C5(C)CC6)OC(CO)C4OC4OCC(O)(CO)C4O)C(O)C3OC3OC(CO)C(O)C3O)C2O)C(O)C(O)C1O. The highest BCUT2D eigenvalue weighted by atomic mass is 16.8. The van der Waals surface area contributed by atoms with Gasteiger partial charge < -0.3 is 188 Å². The zero-order valence-corrected chi connectivity index (χ0v) is 64.4. The Kier molecular flexibility index (Phi) is 26.3. The highest BCUT2D eigenvalue weighted by Gasteiger charge is 2.73. The van der Waals surface area contributed by atoms with Gasteiger partial charge in [-0.3, -0.25) is 4.79 Å². The summed E-state index contributed by atoms with van der Waals surface area (Å²) in [6, 6.07) is 0. The molecule has 5 aliphatic carbocycles. The number of ether oxygens (including phenoxy) is 16.